The molecule has 4 heteroatoms. The van der Waals surface area contributed by atoms with Gasteiger partial charge in [-0.25, -0.2) is 4.98 Å². The van der Waals surface area contributed by atoms with Gasteiger partial charge in [-0.3, -0.25) is 0 Å². The summed E-state index contributed by atoms with van der Waals surface area (Å²) in [6.45, 7) is 1.93. The second-order valence-electron chi connectivity index (χ2n) is 4.73. The first-order valence-electron chi connectivity index (χ1n) is 5.87. The van der Waals surface area contributed by atoms with Crippen LogP contribution in [-0.2, 0) is 4.74 Å². The Morgan fingerprint density at radius 1 is 1.44 bits per heavy atom. The average Bonchev–Trinajstić information content (AvgIpc) is 2.85. The highest BCUT2D eigenvalue weighted by Crippen LogP contribution is 2.35. The Labute approximate surface area is 95.2 Å². The first-order valence-corrected chi connectivity index (χ1v) is 5.87. The van der Waals surface area contributed by atoms with Crippen molar-refractivity contribution in [3.05, 3.63) is 17.8 Å². The van der Waals surface area contributed by atoms with Gasteiger partial charge < -0.3 is 15.8 Å². The molecule has 1 aromatic rings. The molecule has 3 atom stereocenters. The van der Waals surface area contributed by atoms with Crippen molar-refractivity contribution in [3.8, 4) is 0 Å². The Morgan fingerprint density at radius 2 is 2.31 bits per heavy atom. The van der Waals surface area contributed by atoms with Gasteiger partial charge in [-0.05, 0) is 38.3 Å². The third-order valence-electron chi connectivity index (χ3n) is 3.57. The van der Waals surface area contributed by atoms with E-state index in [0.29, 0.717) is 18.2 Å². The van der Waals surface area contributed by atoms with Crippen molar-refractivity contribution in [2.75, 3.05) is 11.1 Å². The van der Waals surface area contributed by atoms with Crippen LogP contribution in [0.1, 0.15) is 25.0 Å². The maximum atomic E-state index is 5.80. The molecule has 3 N–H and O–H groups in total. The van der Waals surface area contributed by atoms with Crippen molar-refractivity contribution in [3.63, 3.8) is 0 Å². The van der Waals surface area contributed by atoms with E-state index in [-0.39, 0.29) is 0 Å². The van der Waals surface area contributed by atoms with Crippen molar-refractivity contribution in [1.82, 2.24) is 4.98 Å². The molecule has 2 fully saturated rings. The van der Waals surface area contributed by atoms with E-state index in [0.717, 1.165) is 23.6 Å². The molecule has 0 aliphatic carbocycles. The van der Waals surface area contributed by atoms with Crippen LogP contribution in [0.15, 0.2) is 12.1 Å². The second-order valence-corrected chi connectivity index (χ2v) is 4.73. The van der Waals surface area contributed by atoms with Gasteiger partial charge in [-0.1, -0.05) is 0 Å². The van der Waals surface area contributed by atoms with Crippen molar-refractivity contribution >= 4 is 11.5 Å². The number of hydrogen-bond donors (Lipinski definition) is 2. The summed E-state index contributed by atoms with van der Waals surface area (Å²) in [5, 5.41) is 3.45. The fourth-order valence-corrected chi connectivity index (χ4v) is 2.63. The molecule has 0 amide bonds. The number of nitrogens with zero attached hydrogens (tertiary/aromatic N) is 1. The van der Waals surface area contributed by atoms with Crippen LogP contribution in [-0.4, -0.2) is 23.2 Å². The predicted octanol–water partition coefficient (Wildman–Crippen LogP) is 1.70. The van der Waals surface area contributed by atoms with E-state index in [2.05, 4.69) is 10.3 Å². The van der Waals surface area contributed by atoms with Crippen LogP contribution in [0.3, 0.4) is 0 Å². The number of pyridine rings is 1. The summed E-state index contributed by atoms with van der Waals surface area (Å²) in [5.41, 5.74) is 7.37. The summed E-state index contributed by atoms with van der Waals surface area (Å²) in [4.78, 5) is 4.43. The number of nitrogen functional groups attached to an aromatic ring is 1. The highest BCUT2D eigenvalue weighted by Gasteiger charge is 2.40. The number of hydrogen-bond acceptors (Lipinski definition) is 4. The van der Waals surface area contributed by atoms with E-state index in [9.17, 15) is 0 Å². The van der Waals surface area contributed by atoms with Gasteiger partial charge in [0.2, 0.25) is 0 Å². The van der Waals surface area contributed by atoms with Crippen LogP contribution in [0.2, 0.25) is 0 Å². The topological polar surface area (TPSA) is 60.2 Å². The molecule has 3 unspecified atom stereocenters. The average molecular weight is 219 g/mol. The van der Waals surface area contributed by atoms with Crippen LogP contribution in [0.4, 0.5) is 11.5 Å². The van der Waals surface area contributed by atoms with Gasteiger partial charge in [-0.2, -0.15) is 0 Å². The molecule has 2 bridgehead atoms. The Bertz CT molecular complexity index is 407. The van der Waals surface area contributed by atoms with E-state index in [1.54, 1.807) is 0 Å². The normalized spacial score (nSPS) is 31.9. The van der Waals surface area contributed by atoms with E-state index in [1.807, 2.05) is 19.1 Å². The SMILES string of the molecule is Cc1nc(NC2CC3CCC2O3)ccc1N. The molecule has 0 radical (unpaired) electrons. The van der Waals surface area contributed by atoms with Gasteiger partial charge in [-0.15, -0.1) is 0 Å². The number of anilines is 2. The van der Waals surface area contributed by atoms with Gasteiger partial charge in [0.25, 0.3) is 0 Å². The lowest BCUT2D eigenvalue weighted by Crippen LogP contribution is -2.30. The Kier molecular flexibility index (Phi) is 2.24. The summed E-state index contributed by atoms with van der Waals surface area (Å²) in [6.07, 6.45) is 4.35. The molecule has 3 heterocycles. The van der Waals surface area contributed by atoms with Crippen LogP contribution < -0.4 is 11.1 Å². The van der Waals surface area contributed by atoms with Crippen molar-refractivity contribution in [2.24, 2.45) is 0 Å². The molecular formula is C12H17N3O. The van der Waals surface area contributed by atoms with E-state index >= 15 is 0 Å². The zero-order valence-corrected chi connectivity index (χ0v) is 9.44. The minimum Gasteiger partial charge on any atom is -0.397 e. The van der Waals surface area contributed by atoms with Crippen LogP contribution in [0.5, 0.6) is 0 Å². The standard InChI is InChI=1S/C12H17N3O/c1-7-9(13)3-5-12(14-7)15-10-6-8-2-4-11(10)16-8/h3,5,8,10-11H,2,4,6,13H2,1H3,(H,14,15). The molecule has 86 valence electrons. The number of nitrogens with two attached hydrogens (primary N) is 1. The van der Waals surface area contributed by atoms with Crippen molar-refractivity contribution in [1.29, 1.82) is 0 Å². The zero-order valence-electron chi connectivity index (χ0n) is 9.44. The zero-order chi connectivity index (χ0) is 11.1. The molecular weight excluding hydrogens is 202 g/mol. The Hall–Kier alpha value is -1.29. The molecule has 2 aliphatic heterocycles. The largest absolute Gasteiger partial charge is 0.397 e. The highest BCUT2D eigenvalue weighted by atomic mass is 16.5. The molecule has 0 saturated carbocycles. The number of aryl methyl sites for hydroxylation is 1. The predicted molar refractivity (Wildman–Crippen MR) is 63.3 cm³/mol. The summed E-state index contributed by atoms with van der Waals surface area (Å²) in [7, 11) is 0. The number of rotatable bonds is 2. The fourth-order valence-electron chi connectivity index (χ4n) is 2.63. The van der Waals surface area contributed by atoms with Crippen LogP contribution in [0.25, 0.3) is 0 Å². The monoisotopic (exact) mass is 219 g/mol. The summed E-state index contributed by atoms with van der Waals surface area (Å²) < 4.78 is 5.80. The lowest BCUT2D eigenvalue weighted by Gasteiger charge is -2.20. The van der Waals surface area contributed by atoms with Gasteiger partial charge in [0.15, 0.2) is 0 Å². The number of ether oxygens (including phenoxy) is 1. The molecule has 0 spiro atoms. The van der Waals surface area contributed by atoms with Crippen LogP contribution in [0, 0.1) is 6.92 Å². The van der Waals surface area contributed by atoms with Gasteiger partial charge in [0.1, 0.15) is 5.82 Å². The highest BCUT2D eigenvalue weighted by molar-refractivity contribution is 5.49. The molecule has 3 rings (SSSR count). The van der Waals surface area contributed by atoms with Gasteiger partial charge in [0.05, 0.1) is 29.6 Å². The van der Waals surface area contributed by atoms with Crippen molar-refractivity contribution in [2.45, 2.75) is 44.4 Å². The lowest BCUT2D eigenvalue weighted by molar-refractivity contribution is 0.102. The lowest BCUT2D eigenvalue weighted by atomic mass is 9.95. The number of fused-ring (bicyclic) bond motifs is 2. The third-order valence-corrected chi connectivity index (χ3v) is 3.57. The van der Waals surface area contributed by atoms with E-state index in [1.165, 1.54) is 12.8 Å². The smallest absolute Gasteiger partial charge is 0.126 e. The summed E-state index contributed by atoms with van der Waals surface area (Å²) >= 11 is 0. The van der Waals surface area contributed by atoms with E-state index < -0.39 is 0 Å². The fraction of sp³-hybridized carbons (Fsp3) is 0.583. The Balaban J connectivity index is 1.72. The molecule has 2 saturated heterocycles. The molecule has 4 nitrogen and oxygen atoms in total. The molecule has 0 aromatic carbocycles. The third kappa shape index (κ3) is 1.63. The first kappa shape index (κ1) is 9.90. The molecule has 1 aromatic heterocycles. The summed E-state index contributed by atoms with van der Waals surface area (Å²) in [5.74, 6) is 0.910. The number of nitrogens with one attached hydrogen (secondary N) is 1. The van der Waals surface area contributed by atoms with E-state index in [4.69, 9.17) is 10.5 Å². The van der Waals surface area contributed by atoms with Crippen molar-refractivity contribution < 1.29 is 4.74 Å². The maximum Gasteiger partial charge on any atom is 0.126 e. The van der Waals surface area contributed by atoms with Gasteiger partial charge >= 0.3 is 0 Å². The minimum atomic E-state index is 0.379. The second kappa shape index (κ2) is 3.63. The molecule has 2 aliphatic rings. The Morgan fingerprint density at radius 3 is 2.94 bits per heavy atom. The maximum absolute atomic E-state index is 5.80. The van der Waals surface area contributed by atoms with Crippen LogP contribution >= 0.6 is 0 Å². The first-order chi connectivity index (χ1) is 7.72. The quantitative estimate of drug-likeness (QED) is 0.795. The minimum absolute atomic E-state index is 0.379. The van der Waals surface area contributed by atoms with Gasteiger partial charge in [0, 0.05) is 0 Å². The summed E-state index contributed by atoms with van der Waals surface area (Å²) in [6, 6.07) is 4.27. The number of aromatic nitrogens is 1. The molecule has 16 heavy (non-hydrogen) atoms.